The van der Waals surface area contributed by atoms with E-state index < -0.39 is 0 Å². The van der Waals surface area contributed by atoms with Gasteiger partial charge >= 0.3 is 0 Å². The SMILES string of the molecule is OC1CCN(Cc2nc(-c3cccs3)no2)C1. The molecule has 3 heterocycles. The predicted octanol–water partition coefficient (Wildman–Crippen LogP) is 1.36. The van der Waals surface area contributed by atoms with Crippen LogP contribution in [0, 0.1) is 0 Å². The fraction of sp³-hybridized carbons (Fsp3) is 0.455. The number of aliphatic hydroxyl groups excluding tert-OH is 1. The zero-order chi connectivity index (χ0) is 11.7. The molecule has 0 saturated carbocycles. The highest BCUT2D eigenvalue weighted by Gasteiger charge is 2.22. The van der Waals surface area contributed by atoms with Crippen molar-refractivity contribution in [2.45, 2.75) is 19.1 Å². The third-order valence-corrected chi connectivity index (χ3v) is 3.68. The Morgan fingerprint density at radius 1 is 1.59 bits per heavy atom. The quantitative estimate of drug-likeness (QED) is 0.892. The molecular weight excluding hydrogens is 238 g/mol. The predicted molar refractivity (Wildman–Crippen MR) is 63.5 cm³/mol. The zero-order valence-corrected chi connectivity index (χ0v) is 10.1. The van der Waals surface area contributed by atoms with Gasteiger partial charge in [0.15, 0.2) is 0 Å². The lowest BCUT2D eigenvalue weighted by Crippen LogP contribution is -2.21. The Bertz CT molecular complexity index is 483. The van der Waals surface area contributed by atoms with Gasteiger partial charge in [-0.15, -0.1) is 11.3 Å². The summed E-state index contributed by atoms with van der Waals surface area (Å²) < 4.78 is 5.21. The van der Waals surface area contributed by atoms with Crippen LogP contribution in [-0.4, -0.2) is 39.3 Å². The van der Waals surface area contributed by atoms with Crippen molar-refractivity contribution in [1.82, 2.24) is 15.0 Å². The molecule has 1 unspecified atom stereocenters. The number of aromatic nitrogens is 2. The average Bonchev–Trinajstić information content (AvgIpc) is 3.00. The molecule has 0 spiro atoms. The van der Waals surface area contributed by atoms with Gasteiger partial charge in [0.25, 0.3) is 0 Å². The summed E-state index contributed by atoms with van der Waals surface area (Å²) in [6.45, 7) is 2.20. The third-order valence-electron chi connectivity index (χ3n) is 2.82. The third kappa shape index (κ3) is 2.38. The van der Waals surface area contributed by atoms with Gasteiger partial charge in [0.05, 0.1) is 17.5 Å². The minimum Gasteiger partial charge on any atom is -0.392 e. The molecule has 90 valence electrons. The molecule has 1 N–H and O–H groups in total. The molecule has 0 amide bonds. The van der Waals surface area contributed by atoms with Gasteiger partial charge in [-0.2, -0.15) is 4.98 Å². The maximum atomic E-state index is 9.43. The van der Waals surface area contributed by atoms with E-state index in [2.05, 4.69) is 15.0 Å². The smallest absolute Gasteiger partial charge is 0.241 e. The van der Waals surface area contributed by atoms with Gasteiger partial charge in [-0.25, -0.2) is 0 Å². The zero-order valence-electron chi connectivity index (χ0n) is 9.24. The number of hydrogen-bond donors (Lipinski definition) is 1. The van der Waals surface area contributed by atoms with Crippen LogP contribution in [0.2, 0.25) is 0 Å². The van der Waals surface area contributed by atoms with Gasteiger partial charge in [-0.05, 0) is 17.9 Å². The van der Waals surface area contributed by atoms with Crippen molar-refractivity contribution in [1.29, 1.82) is 0 Å². The van der Waals surface area contributed by atoms with Crippen LogP contribution in [0.3, 0.4) is 0 Å². The molecule has 1 atom stereocenters. The first-order valence-electron chi connectivity index (χ1n) is 5.58. The monoisotopic (exact) mass is 251 g/mol. The standard InChI is InChI=1S/C11H13N3O2S/c15-8-3-4-14(6-8)7-10-12-11(13-16-10)9-2-1-5-17-9/h1-2,5,8,15H,3-4,6-7H2. The Balaban J connectivity index is 1.69. The summed E-state index contributed by atoms with van der Waals surface area (Å²) in [6.07, 6.45) is 0.612. The van der Waals surface area contributed by atoms with Crippen molar-refractivity contribution in [2.24, 2.45) is 0 Å². The first-order valence-corrected chi connectivity index (χ1v) is 6.46. The van der Waals surface area contributed by atoms with Gasteiger partial charge in [0.2, 0.25) is 11.7 Å². The topological polar surface area (TPSA) is 62.4 Å². The van der Waals surface area contributed by atoms with Crippen molar-refractivity contribution < 1.29 is 9.63 Å². The largest absolute Gasteiger partial charge is 0.392 e. The molecule has 1 fully saturated rings. The van der Waals surface area contributed by atoms with Crippen LogP contribution >= 0.6 is 11.3 Å². The number of thiophene rings is 1. The van der Waals surface area contributed by atoms with Crippen molar-refractivity contribution in [3.63, 3.8) is 0 Å². The van der Waals surface area contributed by atoms with E-state index in [-0.39, 0.29) is 6.10 Å². The van der Waals surface area contributed by atoms with Gasteiger partial charge in [-0.3, -0.25) is 4.90 Å². The Morgan fingerprint density at radius 2 is 2.53 bits per heavy atom. The maximum absolute atomic E-state index is 9.43. The van der Waals surface area contributed by atoms with Gasteiger partial charge < -0.3 is 9.63 Å². The minimum atomic E-state index is -0.213. The number of hydrogen-bond acceptors (Lipinski definition) is 6. The lowest BCUT2D eigenvalue weighted by molar-refractivity contribution is 0.169. The summed E-state index contributed by atoms with van der Waals surface area (Å²) in [5, 5.41) is 15.4. The van der Waals surface area contributed by atoms with E-state index in [1.54, 1.807) is 11.3 Å². The lowest BCUT2D eigenvalue weighted by Gasteiger charge is -2.10. The molecule has 3 rings (SSSR count). The molecule has 1 saturated heterocycles. The van der Waals surface area contributed by atoms with E-state index in [0.29, 0.717) is 24.8 Å². The second kappa shape index (κ2) is 4.56. The molecule has 0 radical (unpaired) electrons. The Labute approximate surface area is 103 Å². The fourth-order valence-corrected chi connectivity index (χ4v) is 2.62. The van der Waals surface area contributed by atoms with Crippen molar-refractivity contribution in [2.75, 3.05) is 13.1 Å². The summed E-state index contributed by atoms with van der Waals surface area (Å²) in [6, 6.07) is 3.94. The second-order valence-corrected chi connectivity index (χ2v) is 5.11. The van der Waals surface area contributed by atoms with Crippen LogP contribution < -0.4 is 0 Å². The summed E-state index contributed by atoms with van der Waals surface area (Å²) in [7, 11) is 0. The van der Waals surface area contributed by atoms with E-state index in [4.69, 9.17) is 4.52 Å². The Hall–Kier alpha value is -1.24. The number of rotatable bonds is 3. The van der Waals surface area contributed by atoms with Crippen LogP contribution in [0.25, 0.3) is 10.7 Å². The van der Waals surface area contributed by atoms with E-state index in [1.807, 2.05) is 17.5 Å². The van der Waals surface area contributed by atoms with Crippen molar-refractivity contribution in [3.8, 4) is 10.7 Å². The summed E-state index contributed by atoms with van der Waals surface area (Å²) in [5.41, 5.74) is 0. The average molecular weight is 251 g/mol. The molecule has 6 heteroatoms. The molecule has 0 aromatic carbocycles. The molecule has 5 nitrogen and oxygen atoms in total. The van der Waals surface area contributed by atoms with Crippen LogP contribution in [0.5, 0.6) is 0 Å². The molecule has 2 aromatic heterocycles. The molecule has 0 aliphatic carbocycles. The molecular formula is C11H13N3O2S. The maximum Gasteiger partial charge on any atom is 0.241 e. The van der Waals surface area contributed by atoms with Crippen LogP contribution in [0.4, 0.5) is 0 Å². The number of β-amino-alcohol motifs (C(OH)–C–C–N with tert-alkyl or cyclic N) is 1. The highest BCUT2D eigenvalue weighted by Crippen LogP contribution is 2.22. The summed E-state index contributed by atoms with van der Waals surface area (Å²) in [4.78, 5) is 7.49. The number of likely N-dealkylation sites (tertiary alicyclic amines) is 1. The first kappa shape index (κ1) is 10.9. The van der Waals surface area contributed by atoms with Crippen molar-refractivity contribution in [3.05, 3.63) is 23.4 Å². The minimum absolute atomic E-state index is 0.213. The number of nitrogens with zero attached hydrogens (tertiary/aromatic N) is 3. The second-order valence-electron chi connectivity index (χ2n) is 4.17. The Morgan fingerprint density at radius 3 is 3.24 bits per heavy atom. The highest BCUT2D eigenvalue weighted by atomic mass is 32.1. The van der Waals surface area contributed by atoms with Gasteiger partial charge in [0, 0.05) is 13.1 Å². The van der Waals surface area contributed by atoms with E-state index in [1.165, 1.54) is 0 Å². The van der Waals surface area contributed by atoms with E-state index in [0.717, 1.165) is 17.8 Å². The number of aliphatic hydroxyl groups is 1. The molecule has 1 aliphatic heterocycles. The van der Waals surface area contributed by atoms with Crippen molar-refractivity contribution >= 4 is 11.3 Å². The summed E-state index contributed by atoms with van der Waals surface area (Å²) in [5.74, 6) is 1.26. The van der Waals surface area contributed by atoms with Gasteiger partial charge in [0.1, 0.15) is 0 Å². The summed E-state index contributed by atoms with van der Waals surface area (Å²) >= 11 is 1.59. The highest BCUT2D eigenvalue weighted by molar-refractivity contribution is 7.13. The first-order chi connectivity index (χ1) is 8.31. The fourth-order valence-electron chi connectivity index (χ4n) is 1.97. The molecule has 2 aromatic rings. The van der Waals surface area contributed by atoms with Crippen LogP contribution in [0.15, 0.2) is 22.0 Å². The lowest BCUT2D eigenvalue weighted by atomic mass is 10.3. The normalized spacial score (nSPS) is 21.1. The Kier molecular flexibility index (Phi) is 2.92. The van der Waals surface area contributed by atoms with Crippen LogP contribution in [0.1, 0.15) is 12.3 Å². The van der Waals surface area contributed by atoms with E-state index in [9.17, 15) is 5.11 Å². The molecule has 1 aliphatic rings. The molecule has 17 heavy (non-hydrogen) atoms. The van der Waals surface area contributed by atoms with Gasteiger partial charge in [-0.1, -0.05) is 11.2 Å². The van der Waals surface area contributed by atoms with E-state index >= 15 is 0 Å². The van der Waals surface area contributed by atoms with Crippen LogP contribution in [-0.2, 0) is 6.54 Å². The molecule has 0 bridgehead atoms.